The van der Waals surface area contributed by atoms with E-state index in [1.807, 2.05) is 6.92 Å². The Morgan fingerprint density at radius 1 is 1.33 bits per heavy atom. The Bertz CT molecular complexity index is 518. The molecule has 1 aromatic rings. The summed E-state index contributed by atoms with van der Waals surface area (Å²) in [6, 6.07) is 0. The fourth-order valence-electron chi connectivity index (χ4n) is 1.75. The van der Waals surface area contributed by atoms with Gasteiger partial charge in [0.15, 0.2) is 17.4 Å². The number of nitrogens with zero attached hydrogens (tertiary/aromatic N) is 3. The number of ketones is 1. The lowest BCUT2D eigenvalue weighted by Gasteiger charge is -2.13. The second kappa shape index (κ2) is 5.39. The number of nitrogens with one attached hydrogen (secondary N) is 1. The van der Waals surface area contributed by atoms with Crippen LogP contribution >= 0.6 is 11.6 Å². The standard InChI is InChI=1S/C11H12ClFN4O/c1-2-14-11-16-9(15-10(12)17-11)6-4-3-5-7(18)8(6)13/h2-5H2,1H3,(H,14,15,16,17). The molecule has 2 rings (SSSR count). The van der Waals surface area contributed by atoms with E-state index in [1.54, 1.807) is 0 Å². The molecule has 0 radical (unpaired) electrons. The van der Waals surface area contributed by atoms with Crippen molar-refractivity contribution in [2.45, 2.75) is 26.2 Å². The Balaban J connectivity index is 2.44. The van der Waals surface area contributed by atoms with Crippen molar-refractivity contribution in [3.63, 3.8) is 0 Å². The molecule has 5 nitrogen and oxygen atoms in total. The molecule has 0 fully saturated rings. The molecule has 0 spiro atoms. The van der Waals surface area contributed by atoms with Crippen molar-refractivity contribution in [1.82, 2.24) is 15.0 Å². The fraction of sp³-hybridized carbons (Fsp3) is 0.455. The van der Waals surface area contributed by atoms with Crippen LogP contribution in [0.25, 0.3) is 5.57 Å². The minimum absolute atomic E-state index is 0.0192. The Hall–Kier alpha value is -1.56. The summed E-state index contributed by atoms with van der Waals surface area (Å²) in [6.45, 7) is 2.49. The average molecular weight is 271 g/mol. The van der Waals surface area contributed by atoms with E-state index in [-0.39, 0.29) is 29.1 Å². The van der Waals surface area contributed by atoms with Gasteiger partial charge < -0.3 is 5.32 Å². The third-order valence-corrected chi connectivity index (χ3v) is 2.72. The molecule has 0 saturated carbocycles. The lowest BCUT2D eigenvalue weighted by molar-refractivity contribution is -0.117. The molecule has 0 bridgehead atoms. The molecule has 18 heavy (non-hydrogen) atoms. The molecule has 0 atom stereocenters. The first-order valence-electron chi connectivity index (χ1n) is 5.69. The highest BCUT2D eigenvalue weighted by Gasteiger charge is 2.24. The van der Waals surface area contributed by atoms with Crippen LogP contribution in [0.2, 0.25) is 5.28 Å². The van der Waals surface area contributed by atoms with Gasteiger partial charge in [-0.25, -0.2) is 4.39 Å². The number of hydrogen-bond donors (Lipinski definition) is 1. The van der Waals surface area contributed by atoms with Crippen LogP contribution in [-0.4, -0.2) is 27.3 Å². The molecular weight excluding hydrogens is 259 g/mol. The van der Waals surface area contributed by atoms with E-state index in [4.69, 9.17) is 11.6 Å². The Labute approximate surface area is 108 Å². The summed E-state index contributed by atoms with van der Waals surface area (Å²) in [4.78, 5) is 23.1. The molecule has 0 amide bonds. The second-order valence-electron chi connectivity index (χ2n) is 3.85. The normalized spacial score (nSPS) is 16.1. The maximum Gasteiger partial charge on any atom is 0.227 e. The molecule has 0 unspecified atom stereocenters. The number of halogens is 2. The van der Waals surface area contributed by atoms with Gasteiger partial charge >= 0.3 is 0 Å². The molecule has 0 saturated heterocycles. The van der Waals surface area contributed by atoms with Crippen molar-refractivity contribution in [2.75, 3.05) is 11.9 Å². The monoisotopic (exact) mass is 270 g/mol. The molecular formula is C11H12ClFN4O. The number of Topliss-reactive ketones (excluding diaryl/α,β-unsaturated/α-hetero) is 1. The molecule has 1 heterocycles. The van der Waals surface area contributed by atoms with Gasteiger partial charge in [0.2, 0.25) is 11.2 Å². The highest BCUT2D eigenvalue weighted by Crippen LogP contribution is 2.29. The van der Waals surface area contributed by atoms with Gasteiger partial charge in [-0.1, -0.05) is 0 Å². The average Bonchev–Trinajstić information content (AvgIpc) is 2.32. The number of anilines is 1. The van der Waals surface area contributed by atoms with Crippen LogP contribution in [0.15, 0.2) is 5.83 Å². The summed E-state index contributed by atoms with van der Waals surface area (Å²) in [5, 5.41) is 2.86. The zero-order valence-electron chi connectivity index (χ0n) is 9.83. The lowest BCUT2D eigenvalue weighted by Crippen LogP contribution is -2.12. The molecule has 1 N–H and O–H groups in total. The van der Waals surface area contributed by atoms with E-state index in [0.717, 1.165) is 0 Å². The molecule has 1 aromatic heterocycles. The summed E-state index contributed by atoms with van der Waals surface area (Å²) in [5.41, 5.74) is 0.217. The predicted molar refractivity (Wildman–Crippen MR) is 65.9 cm³/mol. The van der Waals surface area contributed by atoms with E-state index in [1.165, 1.54) is 0 Å². The minimum atomic E-state index is -0.758. The summed E-state index contributed by atoms with van der Waals surface area (Å²) >= 11 is 5.76. The van der Waals surface area contributed by atoms with E-state index < -0.39 is 11.6 Å². The molecule has 96 valence electrons. The van der Waals surface area contributed by atoms with Crippen molar-refractivity contribution in [3.8, 4) is 0 Å². The number of hydrogen-bond acceptors (Lipinski definition) is 5. The Kier molecular flexibility index (Phi) is 3.86. The van der Waals surface area contributed by atoms with Gasteiger partial charge in [-0.3, -0.25) is 4.79 Å². The van der Waals surface area contributed by atoms with Crippen molar-refractivity contribution in [1.29, 1.82) is 0 Å². The minimum Gasteiger partial charge on any atom is -0.354 e. The first kappa shape index (κ1) is 12.9. The number of carbonyl (C=O) groups is 1. The highest BCUT2D eigenvalue weighted by atomic mass is 35.5. The number of allylic oxidation sites excluding steroid dienone is 2. The fourth-order valence-corrected chi connectivity index (χ4v) is 1.91. The zero-order valence-corrected chi connectivity index (χ0v) is 10.6. The first-order chi connectivity index (χ1) is 8.61. The Morgan fingerprint density at radius 2 is 2.11 bits per heavy atom. The Morgan fingerprint density at radius 3 is 2.83 bits per heavy atom. The highest BCUT2D eigenvalue weighted by molar-refractivity contribution is 6.28. The maximum absolute atomic E-state index is 13.7. The second-order valence-corrected chi connectivity index (χ2v) is 4.19. The van der Waals surface area contributed by atoms with E-state index in [0.29, 0.717) is 19.4 Å². The largest absolute Gasteiger partial charge is 0.354 e. The van der Waals surface area contributed by atoms with Crippen LogP contribution in [-0.2, 0) is 4.79 Å². The number of aromatic nitrogens is 3. The van der Waals surface area contributed by atoms with Crippen LogP contribution < -0.4 is 5.32 Å². The van der Waals surface area contributed by atoms with Gasteiger partial charge in [0.1, 0.15) is 0 Å². The molecule has 7 heteroatoms. The van der Waals surface area contributed by atoms with Gasteiger partial charge in [0.25, 0.3) is 0 Å². The van der Waals surface area contributed by atoms with Gasteiger partial charge in [0, 0.05) is 18.5 Å². The smallest absolute Gasteiger partial charge is 0.227 e. The number of carbonyl (C=O) groups excluding carboxylic acids is 1. The van der Waals surface area contributed by atoms with Gasteiger partial charge in [0.05, 0.1) is 0 Å². The van der Waals surface area contributed by atoms with Gasteiger partial charge in [-0.15, -0.1) is 0 Å². The summed E-state index contributed by atoms with van der Waals surface area (Å²) < 4.78 is 13.7. The van der Waals surface area contributed by atoms with Crippen molar-refractivity contribution < 1.29 is 9.18 Å². The molecule has 0 aromatic carbocycles. The predicted octanol–water partition coefficient (Wildman–Crippen LogP) is 2.39. The van der Waals surface area contributed by atoms with Gasteiger partial charge in [-0.2, -0.15) is 15.0 Å². The summed E-state index contributed by atoms with van der Waals surface area (Å²) in [6.07, 6.45) is 1.26. The lowest BCUT2D eigenvalue weighted by atomic mass is 9.97. The number of rotatable bonds is 3. The molecule has 1 aliphatic carbocycles. The van der Waals surface area contributed by atoms with Crippen LogP contribution in [0, 0.1) is 0 Å². The van der Waals surface area contributed by atoms with E-state index >= 15 is 0 Å². The maximum atomic E-state index is 13.7. The first-order valence-corrected chi connectivity index (χ1v) is 6.07. The molecule has 0 aliphatic heterocycles. The van der Waals surface area contributed by atoms with Crippen molar-refractivity contribution >= 4 is 28.9 Å². The quantitative estimate of drug-likeness (QED) is 0.913. The SMILES string of the molecule is CCNc1nc(Cl)nc(C2=C(F)C(=O)CCC2)n1. The molecule has 1 aliphatic rings. The van der Waals surface area contributed by atoms with Crippen molar-refractivity contribution in [3.05, 3.63) is 16.9 Å². The van der Waals surface area contributed by atoms with Crippen molar-refractivity contribution in [2.24, 2.45) is 0 Å². The summed E-state index contributed by atoms with van der Waals surface area (Å²) in [5.74, 6) is -0.842. The van der Waals surface area contributed by atoms with Crippen LogP contribution in [0.5, 0.6) is 0 Å². The van der Waals surface area contributed by atoms with Crippen LogP contribution in [0.3, 0.4) is 0 Å². The third kappa shape index (κ3) is 2.64. The van der Waals surface area contributed by atoms with E-state index in [2.05, 4.69) is 20.3 Å². The summed E-state index contributed by atoms with van der Waals surface area (Å²) in [7, 11) is 0. The van der Waals surface area contributed by atoms with Crippen LogP contribution in [0.1, 0.15) is 32.0 Å². The topological polar surface area (TPSA) is 67.8 Å². The van der Waals surface area contributed by atoms with Crippen LogP contribution in [0.4, 0.5) is 10.3 Å². The van der Waals surface area contributed by atoms with Gasteiger partial charge in [-0.05, 0) is 31.4 Å². The zero-order chi connectivity index (χ0) is 13.1. The third-order valence-electron chi connectivity index (χ3n) is 2.55. The van der Waals surface area contributed by atoms with E-state index in [9.17, 15) is 9.18 Å².